The van der Waals surface area contributed by atoms with Gasteiger partial charge in [0.2, 0.25) is 0 Å². The lowest BCUT2D eigenvalue weighted by Crippen LogP contribution is -2.14. The van der Waals surface area contributed by atoms with Crippen molar-refractivity contribution in [3.8, 4) is 17.2 Å². The molecule has 1 fully saturated rings. The van der Waals surface area contributed by atoms with Crippen LogP contribution in [0.4, 0.5) is 0 Å². The van der Waals surface area contributed by atoms with Gasteiger partial charge in [0.15, 0.2) is 11.5 Å². The second-order valence-corrected chi connectivity index (χ2v) is 4.78. The van der Waals surface area contributed by atoms with Crippen LogP contribution in [0.1, 0.15) is 37.2 Å². The van der Waals surface area contributed by atoms with E-state index in [0.29, 0.717) is 30.1 Å². The molecule has 0 N–H and O–H groups in total. The Balaban J connectivity index is 2.39. The van der Waals surface area contributed by atoms with Crippen molar-refractivity contribution in [3.63, 3.8) is 0 Å². The van der Waals surface area contributed by atoms with E-state index in [0.717, 1.165) is 24.2 Å². The SMILES string of the molecule is COc1cc(OC)c(C2CCCC(=O)C2)cc1OC. The minimum atomic E-state index is 0.219. The van der Waals surface area contributed by atoms with E-state index >= 15 is 0 Å². The molecule has 1 aromatic rings. The molecule has 4 nitrogen and oxygen atoms in total. The van der Waals surface area contributed by atoms with E-state index in [-0.39, 0.29) is 5.92 Å². The number of rotatable bonds is 4. The van der Waals surface area contributed by atoms with Crippen LogP contribution in [0, 0.1) is 0 Å². The maximum absolute atomic E-state index is 11.6. The normalized spacial score (nSPS) is 19.1. The molecule has 0 heterocycles. The molecule has 1 aromatic carbocycles. The number of benzene rings is 1. The summed E-state index contributed by atoms with van der Waals surface area (Å²) < 4.78 is 16.0. The predicted octanol–water partition coefficient (Wildman–Crippen LogP) is 2.94. The van der Waals surface area contributed by atoms with Crippen LogP contribution in [0.5, 0.6) is 17.2 Å². The van der Waals surface area contributed by atoms with Gasteiger partial charge in [-0.1, -0.05) is 0 Å². The lowest BCUT2D eigenvalue weighted by molar-refractivity contribution is -0.120. The molecule has 0 radical (unpaired) electrons. The first-order chi connectivity index (χ1) is 9.19. The lowest BCUT2D eigenvalue weighted by Gasteiger charge is -2.24. The number of Topliss-reactive ketones (excluding diaryl/α,β-unsaturated/α-hetero) is 1. The smallest absolute Gasteiger partial charge is 0.164 e. The van der Waals surface area contributed by atoms with Gasteiger partial charge in [-0.3, -0.25) is 4.79 Å². The summed E-state index contributed by atoms with van der Waals surface area (Å²) in [5.74, 6) is 2.63. The molecule has 104 valence electrons. The molecule has 4 heteroatoms. The van der Waals surface area contributed by atoms with Crippen LogP contribution in [0.3, 0.4) is 0 Å². The van der Waals surface area contributed by atoms with E-state index in [1.807, 2.05) is 12.1 Å². The Morgan fingerprint density at radius 3 is 2.21 bits per heavy atom. The Morgan fingerprint density at radius 2 is 1.63 bits per heavy atom. The zero-order valence-corrected chi connectivity index (χ0v) is 11.7. The van der Waals surface area contributed by atoms with E-state index in [9.17, 15) is 4.79 Å². The Bertz CT molecular complexity index is 467. The number of hydrogen-bond acceptors (Lipinski definition) is 4. The molecule has 0 saturated heterocycles. The monoisotopic (exact) mass is 264 g/mol. The third kappa shape index (κ3) is 2.83. The van der Waals surface area contributed by atoms with E-state index in [4.69, 9.17) is 14.2 Å². The first-order valence-electron chi connectivity index (χ1n) is 6.51. The molecule has 0 aliphatic heterocycles. The summed E-state index contributed by atoms with van der Waals surface area (Å²) in [5.41, 5.74) is 1.04. The molecule has 0 spiro atoms. The number of carbonyl (C=O) groups is 1. The van der Waals surface area contributed by atoms with Gasteiger partial charge in [-0.25, -0.2) is 0 Å². The van der Waals surface area contributed by atoms with Gasteiger partial charge in [0.25, 0.3) is 0 Å². The van der Waals surface area contributed by atoms with Gasteiger partial charge < -0.3 is 14.2 Å². The average Bonchev–Trinajstić information content (AvgIpc) is 2.45. The maximum Gasteiger partial charge on any atom is 0.164 e. The summed E-state index contributed by atoms with van der Waals surface area (Å²) in [6, 6.07) is 3.76. The van der Waals surface area contributed by atoms with Crippen LogP contribution in [-0.2, 0) is 4.79 Å². The fraction of sp³-hybridized carbons (Fsp3) is 0.533. The number of carbonyl (C=O) groups excluding carboxylic acids is 1. The largest absolute Gasteiger partial charge is 0.496 e. The Morgan fingerprint density at radius 1 is 1.00 bits per heavy atom. The molecule has 19 heavy (non-hydrogen) atoms. The van der Waals surface area contributed by atoms with Crippen molar-refractivity contribution in [2.45, 2.75) is 31.6 Å². The van der Waals surface area contributed by atoms with Gasteiger partial charge in [0.1, 0.15) is 11.5 Å². The highest BCUT2D eigenvalue weighted by atomic mass is 16.5. The third-order valence-corrected chi connectivity index (χ3v) is 3.66. The quantitative estimate of drug-likeness (QED) is 0.838. The van der Waals surface area contributed by atoms with Crippen molar-refractivity contribution in [2.75, 3.05) is 21.3 Å². The lowest BCUT2D eigenvalue weighted by atomic mass is 9.83. The second-order valence-electron chi connectivity index (χ2n) is 4.78. The molecular weight excluding hydrogens is 244 g/mol. The molecule has 1 unspecified atom stereocenters. The zero-order valence-electron chi connectivity index (χ0n) is 11.7. The number of ether oxygens (including phenoxy) is 3. The minimum Gasteiger partial charge on any atom is -0.496 e. The van der Waals surface area contributed by atoms with Crippen molar-refractivity contribution < 1.29 is 19.0 Å². The highest BCUT2D eigenvalue weighted by Crippen LogP contribution is 2.42. The Hall–Kier alpha value is -1.71. The summed E-state index contributed by atoms with van der Waals surface area (Å²) in [6.07, 6.45) is 3.25. The summed E-state index contributed by atoms with van der Waals surface area (Å²) in [7, 11) is 4.84. The molecule has 1 aliphatic carbocycles. The molecule has 2 rings (SSSR count). The summed E-state index contributed by atoms with van der Waals surface area (Å²) >= 11 is 0. The molecule has 0 bridgehead atoms. The van der Waals surface area contributed by atoms with Crippen LogP contribution in [0.2, 0.25) is 0 Å². The van der Waals surface area contributed by atoms with Crippen molar-refractivity contribution in [3.05, 3.63) is 17.7 Å². The molecule has 0 amide bonds. The number of hydrogen-bond donors (Lipinski definition) is 0. The van der Waals surface area contributed by atoms with E-state index < -0.39 is 0 Å². The third-order valence-electron chi connectivity index (χ3n) is 3.66. The summed E-state index contributed by atoms with van der Waals surface area (Å²) in [5, 5.41) is 0. The fourth-order valence-corrected chi connectivity index (χ4v) is 2.66. The van der Waals surface area contributed by atoms with Gasteiger partial charge >= 0.3 is 0 Å². The van der Waals surface area contributed by atoms with Crippen LogP contribution >= 0.6 is 0 Å². The summed E-state index contributed by atoms with van der Waals surface area (Å²) in [6.45, 7) is 0. The minimum absolute atomic E-state index is 0.219. The highest BCUT2D eigenvalue weighted by molar-refractivity contribution is 5.80. The van der Waals surface area contributed by atoms with Crippen LogP contribution in [0.15, 0.2) is 12.1 Å². The van der Waals surface area contributed by atoms with Gasteiger partial charge in [0, 0.05) is 24.5 Å². The van der Waals surface area contributed by atoms with Crippen LogP contribution in [-0.4, -0.2) is 27.1 Å². The molecular formula is C15H20O4. The van der Waals surface area contributed by atoms with Crippen molar-refractivity contribution in [1.82, 2.24) is 0 Å². The zero-order chi connectivity index (χ0) is 13.8. The summed E-state index contributed by atoms with van der Waals surface area (Å²) in [4.78, 5) is 11.6. The van der Waals surface area contributed by atoms with Gasteiger partial charge in [-0.15, -0.1) is 0 Å². The average molecular weight is 264 g/mol. The molecule has 1 saturated carbocycles. The van der Waals surface area contributed by atoms with E-state index in [2.05, 4.69) is 0 Å². The van der Waals surface area contributed by atoms with Crippen molar-refractivity contribution >= 4 is 5.78 Å². The van der Waals surface area contributed by atoms with E-state index in [1.54, 1.807) is 21.3 Å². The van der Waals surface area contributed by atoms with Gasteiger partial charge in [0.05, 0.1) is 21.3 Å². The molecule has 1 aliphatic rings. The maximum atomic E-state index is 11.6. The number of methoxy groups -OCH3 is 3. The first-order valence-corrected chi connectivity index (χ1v) is 6.51. The molecule has 1 atom stereocenters. The van der Waals surface area contributed by atoms with Gasteiger partial charge in [-0.2, -0.15) is 0 Å². The second kappa shape index (κ2) is 5.95. The first kappa shape index (κ1) is 13.7. The predicted molar refractivity (Wildman–Crippen MR) is 72.3 cm³/mol. The van der Waals surface area contributed by atoms with Crippen LogP contribution < -0.4 is 14.2 Å². The van der Waals surface area contributed by atoms with Gasteiger partial charge in [-0.05, 0) is 24.8 Å². The van der Waals surface area contributed by atoms with Crippen molar-refractivity contribution in [1.29, 1.82) is 0 Å². The van der Waals surface area contributed by atoms with E-state index in [1.165, 1.54) is 0 Å². The van der Waals surface area contributed by atoms with Crippen molar-refractivity contribution in [2.24, 2.45) is 0 Å². The standard InChI is InChI=1S/C15H20O4/c1-17-13-9-15(19-3)14(18-2)8-12(13)10-5-4-6-11(16)7-10/h8-10H,4-7H2,1-3H3. The Labute approximate surface area is 113 Å². The topological polar surface area (TPSA) is 44.8 Å². The fourth-order valence-electron chi connectivity index (χ4n) is 2.66. The highest BCUT2D eigenvalue weighted by Gasteiger charge is 2.25. The number of ketones is 1. The molecule has 0 aromatic heterocycles. The Kier molecular flexibility index (Phi) is 4.30. The van der Waals surface area contributed by atoms with Crippen LogP contribution in [0.25, 0.3) is 0 Å².